The number of amides is 1. The van der Waals surface area contributed by atoms with Crippen LogP contribution in [0.1, 0.15) is 22.3 Å². The third-order valence-electron chi connectivity index (χ3n) is 3.85. The van der Waals surface area contributed by atoms with Crippen LogP contribution in [0.4, 0.5) is 0 Å². The van der Waals surface area contributed by atoms with E-state index in [0.29, 0.717) is 6.54 Å². The van der Waals surface area contributed by atoms with E-state index in [1.54, 1.807) is 20.3 Å². The molecule has 126 valence electrons. The van der Waals surface area contributed by atoms with Gasteiger partial charge in [0.15, 0.2) is 0 Å². The molecule has 24 heavy (non-hydrogen) atoms. The van der Waals surface area contributed by atoms with Crippen LogP contribution in [-0.2, 0) is 11.3 Å². The summed E-state index contributed by atoms with van der Waals surface area (Å²) in [7, 11) is 3.27. The van der Waals surface area contributed by atoms with E-state index in [4.69, 9.17) is 9.47 Å². The van der Waals surface area contributed by atoms with Crippen molar-refractivity contribution < 1.29 is 14.3 Å². The summed E-state index contributed by atoms with van der Waals surface area (Å²) in [5, 5.41) is 2.87. The van der Waals surface area contributed by atoms with E-state index < -0.39 is 0 Å². The highest BCUT2D eigenvalue weighted by Crippen LogP contribution is 2.22. The van der Waals surface area contributed by atoms with Crippen LogP contribution in [0.2, 0.25) is 0 Å². The molecule has 2 aromatic rings. The highest BCUT2D eigenvalue weighted by Gasteiger charge is 2.05. The Morgan fingerprint density at radius 2 is 1.75 bits per heavy atom. The van der Waals surface area contributed by atoms with Crippen molar-refractivity contribution in [2.45, 2.75) is 20.4 Å². The molecule has 0 spiro atoms. The van der Waals surface area contributed by atoms with E-state index in [0.717, 1.165) is 33.8 Å². The first kappa shape index (κ1) is 17.6. The van der Waals surface area contributed by atoms with Gasteiger partial charge in [0, 0.05) is 18.2 Å². The maximum atomic E-state index is 12.1. The third kappa shape index (κ3) is 4.38. The van der Waals surface area contributed by atoms with Gasteiger partial charge in [-0.2, -0.15) is 0 Å². The molecule has 2 rings (SSSR count). The molecule has 4 nitrogen and oxygen atoms in total. The number of benzene rings is 2. The molecule has 0 heterocycles. The quantitative estimate of drug-likeness (QED) is 0.825. The average Bonchev–Trinajstić information content (AvgIpc) is 2.59. The van der Waals surface area contributed by atoms with Crippen molar-refractivity contribution in [2.75, 3.05) is 14.2 Å². The van der Waals surface area contributed by atoms with E-state index in [9.17, 15) is 4.79 Å². The number of hydrogen-bond donors (Lipinski definition) is 1. The Morgan fingerprint density at radius 1 is 1.08 bits per heavy atom. The number of nitrogens with one attached hydrogen (secondary N) is 1. The predicted molar refractivity (Wildman–Crippen MR) is 96.3 cm³/mol. The number of para-hydroxylation sites is 1. The van der Waals surface area contributed by atoms with Gasteiger partial charge >= 0.3 is 0 Å². The van der Waals surface area contributed by atoms with Crippen LogP contribution < -0.4 is 14.8 Å². The van der Waals surface area contributed by atoms with E-state index in [1.165, 1.54) is 0 Å². The molecule has 0 aromatic heterocycles. The van der Waals surface area contributed by atoms with Crippen LogP contribution in [0.5, 0.6) is 11.5 Å². The minimum absolute atomic E-state index is 0.143. The lowest BCUT2D eigenvalue weighted by molar-refractivity contribution is -0.116. The molecule has 0 bridgehead atoms. The van der Waals surface area contributed by atoms with Crippen LogP contribution in [0, 0.1) is 13.8 Å². The molecule has 0 fully saturated rings. The van der Waals surface area contributed by atoms with Crippen LogP contribution in [0.25, 0.3) is 6.08 Å². The first-order valence-corrected chi connectivity index (χ1v) is 7.78. The van der Waals surface area contributed by atoms with Gasteiger partial charge in [-0.3, -0.25) is 4.79 Å². The molecule has 4 heteroatoms. The van der Waals surface area contributed by atoms with Gasteiger partial charge < -0.3 is 14.8 Å². The Hall–Kier alpha value is -2.75. The summed E-state index contributed by atoms with van der Waals surface area (Å²) in [5.41, 5.74) is 4.11. The summed E-state index contributed by atoms with van der Waals surface area (Å²) in [6.07, 6.45) is 3.39. The fourth-order valence-electron chi connectivity index (χ4n) is 2.56. The van der Waals surface area contributed by atoms with E-state index in [1.807, 2.05) is 56.3 Å². The van der Waals surface area contributed by atoms with Gasteiger partial charge in [0.25, 0.3) is 0 Å². The predicted octanol–water partition coefficient (Wildman–Crippen LogP) is 3.65. The second-order valence-electron chi connectivity index (χ2n) is 5.54. The van der Waals surface area contributed by atoms with Gasteiger partial charge in [-0.25, -0.2) is 0 Å². The van der Waals surface area contributed by atoms with Crippen LogP contribution in [0.15, 0.2) is 42.5 Å². The van der Waals surface area contributed by atoms with Gasteiger partial charge in [-0.15, -0.1) is 0 Å². The highest BCUT2D eigenvalue weighted by atomic mass is 16.5. The number of rotatable bonds is 6. The minimum atomic E-state index is -0.143. The van der Waals surface area contributed by atoms with Crippen molar-refractivity contribution in [1.29, 1.82) is 0 Å². The van der Waals surface area contributed by atoms with Crippen LogP contribution in [0.3, 0.4) is 0 Å². The summed E-state index contributed by atoms with van der Waals surface area (Å²) >= 11 is 0. The Kier molecular flexibility index (Phi) is 6.01. The number of methoxy groups -OCH3 is 2. The van der Waals surface area contributed by atoms with Crippen LogP contribution in [-0.4, -0.2) is 20.1 Å². The number of hydrogen-bond acceptors (Lipinski definition) is 3. The smallest absolute Gasteiger partial charge is 0.244 e. The third-order valence-corrected chi connectivity index (χ3v) is 3.85. The van der Waals surface area contributed by atoms with Crippen molar-refractivity contribution in [2.24, 2.45) is 0 Å². The second kappa shape index (κ2) is 8.20. The summed E-state index contributed by atoms with van der Waals surface area (Å²) in [6.45, 7) is 4.43. The van der Waals surface area contributed by atoms with Crippen molar-refractivity contribution in [3.05, 3.63) is 64.7 Å². The maximum Gasteiger partial charge on any atom is 0.244 e. The van der Waals surface area contributed by atoms with E-state index in [2.05, 4.69) is 5.32 Å². The first-order chi connectivity index (χ1) is 11.5. The SMILES string of the molecule is COc1cc(C)c(/C=C/C(=O)NCc2ccccc2OC)c(C)c1. The first-order valence-electron chi connectivity index (χ1n) is 7.78. The summed E-state index contributed by atoms with van der Waals surface area (Å²) in [5.74, 6) is 1.45. The zero-order valence-electron chi connectivity index (χ0n) is 14.6. The standard InChI is InChI=1S/C20H23NO3/c1-14-11-17(23-3)12-15(2)18(14)9-10-20(22)21-13-16-7-5-6-8-19(16)24-4/h5-12H,13H2,1-4H3,(H,21,22)/b10-9+. The summed E-state index contributed by atoms with van der Waals surface area (Å²) in [6, 6.07) is 11.5. The van der Waals surface area contributed by atoms with E-state index in [-0.39, 0.29) is 5.91 Å². The molecule has 1 N–H and O–H groups in total. The fourth-order valence-corrected chi connectivity index (χ4v) is 2.56. The largest absolute Gasteiger partial charge is 0.497 e. The molecule has 0 saturated heterocycles. The average molecular weight is 325 g/mol. The van der Waals surface area contributed by atoms with Gasteiger partial charge in [0.1, 0.15) is 11.5 Å². The second-order valence-corrected chi connectivity index (χ2v) is 5.54. The molecule has 0 unspecified atom stereocenters. The number of carbonyl (C=O) groups excluding carboxylic acids is 1. The lowest BCUT2D eigenvalue weighted by Crippen LogP contribution is -2.20. The minimum Gasteiger partial charge on any atom is -0.497 e. The maximum absolute atomic E-state index is 12.1. The Bertz CT molecular complexity index is 727. The molecule has 0 aliphatic heterocycles. The molecule has 0 aliphatic rings. The lowest BCUT2D eigenvalue weighted by Gasteiger charge is -2.09. The normalized spacial score (nSPS) is 10.7. The number of carbonyl (C=O) groups is 1. The topological polar surface area (TPSA) is 47.6 Å². The summed E-state index contributed by atoms with van der Waals surface area (Å²) < 4.78 is 10.5. The fraction of sp³-hybridized carbons (Fsp3) is 0.250. The molecular weight excluding hydrogens is 302 g/mol. The molecule has 0 aliphatic carbocycles. The van der Waals surface area contributed by atoms with Gasteiger partial charge in [-0.05, 0) is 54.8 Å². The highest BCUT2D eigenvalue weighted by molar-refractivity contribution is 5.92. The zero-order valence-corrected chi connectivity index (χ0v) is 14.6. The Labute approximate surface area is 143 Å². The number of aryl methyl sites for hydroxylation is 2. The van der Waals surface area contributed by atoms with Crippen molar-refractivity contribution in [1.82, 2.24) is 5.32 Å². The van der Waals surface area contributed by atoms with Crippen molar-refractivity contribution in [3.8, 4) is 11.5 Å². The zero-order chi connectivity index (χ0) is 17.5. The van der Waals surface area contributed by atoms with Gasteiger partial charge in [0.05, 0.1) is 14.2 Å². The Morgan fingerprint density at radius 3 is 2.38 bits per heavy atom. The van der Waals surface area contributed by atoms with Gasteiger partial charge in [0.2, 0.25) is 5.91 Å². The van der Waals surface area contributed by atoms with E-state index >= 15 is 0 Å². The molecule has 2 aromatic carbocycles. The van der Waals surface area contributed by atoms with Crippen molar-refractivity contribution in [3.63, 3.8) is 0 Å². The number of ether oxygens (including phenoxy) is 2. The van der Waals surface area contributed by atoms with Gasteiger partial charge in [-0.1, -0.05) is 18.2 Å². The molecule has 1 amide bonds. The summed E-state index contributed by atoms with van der Waals surface area (Å²) in [4.78, 5) is 12.1. The molecule has 0 radical (unpaired) electrons. The Balaban J connectivity index is 2.03. The monoisotopic (exact) mass is 325 g/mol. The molecular formula is C20H23NO3. The lowest BCUT2D eigenvalue weighted by atomic mass is 10.0. The van der Waals surface area contributed by atoms with Crippen molar-refractivity contribution >= 4 is 12.0 Å². The molecule has 0 atom stereocenters. The molecule has 0 saturated carbocycles. The van der Waals surface area contributed by atoms with Crippen LogP contribution >= 0.6 is 0 Å².